The van der Waals surface area contributed by atoms with Gasteiger partial charge < -0.3 is 19.5 Å². The van der Waals surface area contributed by atoms with E-state index in [4.69, 9.17) is 9.47 Å². The standard InChI is InChI=1S/C26H25NO5/c1-17-8-4-5-9-18(17)16-27-22-11-7-6-10-21(22)26(30,25(27)29)15-23(28)20-13-12-19(31-2)14-24(20)32-3/h4-14,30H,15-16H2,1-3H3/t26-/m1/s1. The van der Waals surface area contributed by atoms with Gasteiger partial charge in [-0.25, -0.2) is 0 Å². The summed E-state index contributed by atoms with van der Waals surface area (Å²) in [5.41, 5.74) is 1.39. The van der Waals surface area contributed by atoms with Gasteiger partial charge >= 0.3 is 0 Å². The Morgan fingerprint density at radius 1 is 1.00 bits per heavy atom. The van der Waals surface area contributed by atoms with Crippen LogP contribution in [0.25, 0.3) is 0 Å². The van der Waals surface area contributed by atoms with Gasteiger partial charge in [-0.3, -0.25) is 9.59 Å². The topological polar surface area (TPSA) is 76.1 Å². The average molecular weight is 431 g/mol. The Morgan fingerprint density at radius 2 is 1.72 bits per heavy atom. The van der Waals surface area contributed by atoms with Crippen molar-refractivity contribution in [1.29, 1.82) is 0 Å². The molecule has 3 aromatic carbocycles. The molecule has 0 aromatic heterocycles. The summed E-state index contributed by atoms with van der Waals surface area (Å²) in [6.45, 7) is 2.29. The fourth-order valence-corrected chi connectivity index (χ4v) is 4.15. The largest absolute Gasteiger partial charge is 0.497 e. The van der Waals surface area contributed by atoms with E-state index in [2.05, 4.69) is 0 Å². The van der Waals surface area contributed by atoms with Gasteiger partial charge in [0, 0.05) is 11.6 Å². The summed E-state index contributed by atoms with van der Waals surface area (Å²) in [7, 11) is 2.98. The Kier molecular flexibility index (Phi) is 5.72. The molecule has 0 fully saturated rings. The Bertz CT molecular complexity index is 1190. The van der Waals surface area contributed by atoms with E-state index in [0.29, 0.717) is 29.3 Å². The van der Waals surface area contributed by atoms with Crippen LogP contribution in [0.1, 0.15) is 33.5 Å². The highest BCUT2D eigenvalue weighted by molar-refractivity contribution is 6.11. The first kappa shape index (κ1) is 21.6. The zero-order valence-corrected chi connectivity index (χ0v) is 18.3. The van der Waals surface area contributed by atoms with Gasteiger partial charge in [-0.15, -0.1) is 0 Å². The molecule has 0 bridgehead atoms. The number of fused-ring (bicyclic) bond motifs is 1. The van der Waals surface area contributed by atoms with Crippen LogP contribution in [0.15, 0.2) is 66.7 Å². The molecule has 1 aliphatic heterocycles. The summed E-state index contributed by atoms with van der Waals surface area (Å²) in [5, 5.41) is 11.5. The minimum absolute atomic E-state index is 0.282. The summed E-state index contributed by atoms with van der Waals surface area (Å²) in [4.78, 5) is 28.3. The van der Waals surface area contributed by atoms with E-state index in [-0.39, 0.29) is 5.56 Å². The first-order valence-electron chi connectivity index (χ1n) is 10.3. The van der Waals surface area contributed by atoms with E-state index in [1.54, 1.807) is 41.3 Å². The molecule has 1 aliphatic rings. The van der Waals surface area contributed by atoms with Crippen molar-refractivity contribution < 1.29 is 24.2 Å². The molecule has 0 radical (unpaired) electrons. The molecule has 6 heteroatoms. The highest BCUT2D eigenvalue weighted by Crippen LogP contribution is 2.44. The molecular weight excluding hydrogens is 406 g/mol. The molecule has 0 unspecified atom stereocenters. The van der Waals surface area contributed by atoms with Crippen LogP contribution >= 0.6 is 0 Å². The first-order chi connectivity index (χ1) is 15.4. The molecule has 0 spiro atoms. The second-order valence-corrected chi connectivity index (χ2v) is 7.86. The van der Waals surface area contributed by atoms with Crippen LogP contribution in [0.2, 0.25) is 0 Å². The number of methoxy groups -OCH3 is 2. The molecule has 164 valence electrons. The maximum Gasteiger partial charge on any atom is 0.264 e. The number of hydrogen-bond acceptors (Lipinski definition) is 5. The lowest BCUT2D eigenvalue weighted by molar-refractivity contribution is -0.136. The van der Waals surface area contributed by atoms with Crippen molar-refractivity contribution >= 4 is 17.4 Å². The molecule has 1 N–H and O–H groups in total. The van der Waals surface area contributed by atoms with Crippen molar-refractivity contribution in [2.45, 2.75) is 25.5 Å². The van der Waals surface area contributed by atoms with Gasteiger partial charge in [0.25, 0.3) is 5.91 Å². The van der Waals surface area contributed by atoms with Gasteiger partial charge in [0.1, 0.15) is 11.5 Å². The normalized spacial score (nSPS) is 17.2. The number of para-hydroxylation sites is 1. The number of carbonyl (C=O) groups is 2. The highest BCUT2D eigenvalue weighted by atomic mass is 16.5. The molecule has 0 saturated heterocycles. The molecule has 3 aromatic rings. The van der Waals surface area contributed by atoms with Gasteiger partial charge in [0.2, 0.25) is 0 Å². The smallest absolute Gasteiger partial charge is 0.264 e. The minimum Gasteiger partial charge on any atom is -0.497 e. The maximum absolute atomic E-state index is 13.5. The van der Waals surface area contributed by atoms with Gasteiger partial charge in [0.05, 0.1) is 38.4 Å². The number of ether oxygens (including phenoxy) is 2. The first-order valence-corrected chi connectivity index (χ1v) is 10.3. The molecule has 6 nitrogen and oxygen atoms in total. The number of nitrogens with zero attached hydrogens (tertiary/aromatic N) is 1. The lowest BCUT2D eigenvalue weighted by Crippen LogP contribution is -2.41. The second kappa shape index (κ2) is 8.48. The molecule has 1 atom stereocenters. The minimum atomic E-state index is -1.96. The number of carbonyl (C=O) groups excluding carboxylic acids is 2. The third-order valence-corrected chi connectivity index (χ3v) is 5.95. The van der Waals surface area contributed by atoms with Gasteiger partial charge in [0.15, 0.2) is 11.4 Å². The zero-order chi connectivity index (χ0) is 22.9. The maximum atomic E-state index is 13.5. The highest BCUT2D eigenvalue weighted by Gasteiger charge is 2.51. The van der Waals surface area contributed by atoms with Crippen molar-refractivity contribution in [3.05, 3.63) is 89.0 Å². The Hall–Kier alpha value is -3.64. The number of Topliss-reactive ketones (excluding diaryl/α,β-unsaturated/α-hetero) is 1. The molecular formula is C26H25NO5. The molecule has 4 rings (SSSR count). The van der Waals surface area contributed by atoms with Crippen LogP contribution in [0.5, 0.6) is 11.5 Å². The van der Waals surface area contributed by atoms with Crippen molar-refractivity contribution in [3.8, 4) is 11.5 Å². The quantitative estimate of drug-likeness (QED) is 0.572. The lowest BCUT2D eigenvalue weighted by Gasteiger charge is -2.23. The zero-order valence-electron chi connectivity index (χ0n) is 18.3. The fraction of sp³-hybridized carbons (Fsp3) is 0.231. The Balaban J connectivity index is 1.69. The number of aryl methyl sites for hydroxylation is 1. The summed E-state index contributed by atoms with van der Waals surface area (Å²) in [6, 6.07) is 19.7. The van der Waals surface area contributed by atoms with Crippen LogP contribution in [-0.4, -0.2) is 31.0 Å². The van der Waals surface area contributed by atoms with Crippen LogP contribution in [0.3, 0.4) is 0 Å². The van der Waals surface area contributed by atoms with Gasteiger partial charge in [-0.2, -0.15) is 0 Å². The SMILES string of the molecule is COc1ccc(C(=O)C[C@]2(O)C(=O)N(Cc3ccccc3C)c3ccccc32)c(OC)c1. The van der Waals surface area contributed by atoms with Crippen LogP contribution in [-0.2, 0) is 16.9 Å². The summed E-state index contributed by atoms with van der Waals surface area (Å²) >= 11 is 0. The third kappa shape index (κ3) is 3.63. The number of amides is 1. The number of hydrogen-bond donors (Lipinski definition) is 1. The summed E-state index contributed by atoms with van der Waals surface area (Å²) < 4.78 is 10.5. The van der Waals surface area contributed by atoms with Gasteiger partial charge in [-0.1, -0.05) is 42.5 Å². The van der Waals surface area contributed by atoms with Crippen molar-refractivity contribution in [3.63, 3.8) is 0 Å². The van der Waals surface area contributed by atoms with Gasteiger partial charge in [-0.05, 0) is 36.2 Å². The predicted molar refractivity (Wildman–Crippen MR) is 121 cm³/mol. The number of rotatable bonds is 7. The summed E-state index contributed by atoms with van der Waals surface area (Å²) in [5.74, 6) is -0.0343. The molecule has 1 amide bonds. The fourth-order valence-electron chi connectivity index (χ4n) is 4.15. The summed E-state index contributed by atoms with van der Waals surface area (Å²) in [6.07, 6.45) is -0.393. The third-order valence-electron chi connectivity index (χ3n) is 5.95. The van der Waals surface area contributed by atoms with E-state index in [0.717, 1.165) is 11.1 Å². The number of anilines is 1. The average Bonchev–Trinajstić information content (AvgIpc) is 3.01. The monoisotopic (exact) mass is 431 g/mol. The Labute approximate surface area is 187 Å². The van der Waals surface area contributed by atoms with E-state index in [1.165, 1.54) is 14.2 Å². The molecule has 0 aliphatic carbocycles. The van der Waals surface area contributed by atoms with Crippen LogP contribution in [0.4, 0.5) is 5.69 Å². The van der Waals surface area contributed by atoms with Crippen molar-refractivity contribution in [2.75, 3.05) is 19.1 Å². The number of aliphatic hydroxyl groups is 1. The molecule has 32 heavy (non-hydrogen) atoms. The number of ketones is 1. The van der Waals surface area contributed by atoms with Crippen LogP contribution in [0, 0.1) is 6.92 Å². The van der Waals surface area contributed by atoms with E-state index >= 15 is 0 Å². The second-order valence-electron chi connectivity index (χ2n) is 7.86. The van der Waals surface area contributed by atoms with E-state index < -0.39 is 23.7 Å². The van der Waals surface area contributed by atoms with Crippen molar-refractivity contribution in [1.82, 2.24) is 0 Å². The Morgan fingerprint density at radius 3 is 2.44 bits per heavy atom. The lowest BCUT2D eigenvalue weighted by atomic mass is 9.88. The van der Waals surface area contributed by atoms with E-state index in [9.17, 15) is 14.7 Å². The van der Waals surface area contributed by atoms with Crippen LogP contribution < -0.4 is 14.4 Å². The molecule has 0 saturated carbocycles. The predicted octanol–water partition coefficient (Wildman–Crippen LogP) is 4.02. The number of benzene rings is 3. The van der Waals surface area contributed by atoms with E-state index in [1.807, 2.05) is 37.3 Å². The van der Waals surface area contributed by atoms with Crippen molar-refractivity contribution in [2.24, 2.45) is 0 Å². The molecule has 1 heterocycles.